The Bertz CT molecular complexity index is 1420. The maximum Gasteiger partial charge on any atom is 0.229 e. The molecular formula is C27H19ClF2N6. The number of hydrogen-bond acceptors (Lipinski definition) is 6. The molecule has 0 bridgehead atoms. The molecule has 1 N–H and O–H groups in total. The van der Waals surface area contributed by atoms with Gasteiger partial charge in [-0.15, -0.1) is 11.6 Å². The van der Waals surface area contributed by atoms with Gasteiger partial charge in [0.1, 0.15) is 11.5 Å². The van der Waals surface area contributed by atoms with Crippen molar-refractivity contribution in [2.45, 2.75) is 6.42 Å². The maximum absolute atomic E-state index is 15.4. The largest absolute Gasteiger partial charge is 0.324 e. The van der Waals surface area contributed by atoms with Gasteiger partial charge in [0.2, 0.25) is 5.95 Å². The van der Waals surface area contributed by atoms with Crippen molar-refractivity contribution in [3.05, 3.63) is 95.7 Å². The van der Waals surface area contributed by atoms with Gasteiger partial charge in [0.05, 0.1) is 23.3 Å². The van der Waals surface area contributed by atoms with Gasteiger partial charge in [-0.1, -0.05) is 12.1 Å². The highest BCUT2D eigenvalue weighted by molar-refractivity contribution is 6.17. The number of hydrogen-bond donors (Lipinski definition) is 1. The van der Waals surface area contributed by atoms with Crippen LogP contribution < -0.4 is 10.2 Å². The first kappa shape index (κ1) is 24.6. The monoisotopic (exact) mass is 500 g/mol. The molecule has 0 atom stereocenters. The molecule has 3 aromatic carbocycles. The SMILES string of the molecule is N#Cc1ccc(Nc2nccc(N(CCCCl)c3c(F)cc(-c4ccc(C#N)cc4)cc3F)n2)cc1. The predicted octanol–water partition coefficient (Wildman–Crippen LogP) is 6.68. The lowest BCUT2D eigenvalue weighted by molar-refractivity contribution is 0.579. The fourth-order valence-electron chi connectivity index (χ4n) is 3.60. The summed E-state index contributed by atoms with van der Waals surface area (Å²) in [6.07, 6.45) is 1.95. The van der Waals surface area contributed by atoms with Crippen LogP contribution in [-0.2, 0) is 0 Å². The van der Waals surface area contributed by atoms with Crippen LogP contribution in [-0.4, -0.2) is 22.4 Å². The van der Waals surface area contributed by atoms with Gasteiger partial charge in [-0.2, -0.15) is 15.5 Å². The van der Waals surface area contributed by atoms with Crippen molar-refractivity contribution < 1.29 is 8.78 Å². The highest BCUT2D eigenvalue weighted by Gasteiger charge is 2.21. The molecule has 1 aromatic heterocycles. The first-order chi connectivity index (χ1) is 17.5. The normalized spacial score (nSPS) is 10.4. The zero-order valence-corrected chi connectivity index (χ0v) is 19.7. The number of anilines is 4. The van der Waals surface area contributed by atoms with Crippen molar-refractivity contribution in [1.29, 1.82) is 10.5 Å². The van der Waals surface area contributed by atoms with E-state index in [4.69, 9.17) is 22.1 Å². The Hall–Kier alpha value is -4.53. The summed E-state index contributed by atoms with van der Waals surface area (Å²) in [6.45, 7) is 0.223. The average molecular weight is 501 g/mol. The van der Waals surface area contributed by atoms with Gasteiger partial charge >= 0.3 is 0 Å². The van der Waals surface area contributed by atoms with E-state index in [0.717, 1.165) is 0 Å². The minimum atomic E-state index is -0.760. The molecule has 36 heavy (non-hydrogen) atoms. The lowest BCUT2D eigenvalue weighted by Crippen LogP contribution is -2.23. The van der Waals surface area contributed by atoms with Gasteiger partial charge in [0.25, 0.3) is 0 Å². The van der Waals surface area contributed by atoms with Gasteiger partial charge < -0.3 is 10.2 Å². The number of nitrogens with zero attached hydrogens (tertiary/aromatic N) is 5. The van der Waals surface area contributed by atoms with E-state index < -0.39 is 11.6 Å². The highest BCUT2D eigenvalue weighted by atomic mass is 35.5. The van der Waals surface area contributed by atoms with Crippen molar-refractivity contribution in [1.82, 2.24) is 9.97 Å². The van der Waals surface area contributed by atoms with Crippen molar-refractivity contribution in [3.63, 3.8) is 0 Å². The third kappa shape index (κ3) is 5.57. The zero-order chi connectivity index (χ0) is 25.5. The van der Waals surface area contributed by atoms with Crippen molar-refractivity contribution in [2.75, 3.05) is 22.6 Å². The molecule has 4 aromatic rings. The molecule has 0 spiro atoms. The molecule has 0 unspecified atom stereocenters. The first-order valence-electron chi connectivity index (χ1n) is 11.0. The summed E-state index contributed by atoms with van der Waals surface area (Å²) >= 11 is 5.89. The Morgan fingerprint density at radius 3 is 2.06 bits per heavy atom. The lowest BCUT2D eigenvalue weighted by Gasteiger charge is -2.25. The third-order valence-corrected chi connectivity index (χ3v) is 5.60. The molecule has 0 amide bonds. The minimum Gasteiger partial charge on any atom is -0.324 e. The molecule has 1 heterocycles. The van der Waals surface area contributed by atoms with Crippen molar-refractivity contribution in [3.8, 4) is 23.3 Å². The molecule has 0 aliphatic heterocycles. The highest BCUT2D eigenvalue weighted by Crippen LogP contribution is 2.34. The molecule has 4 rings (SSSR count). The van der Waals surface area contributed by atoms with Crippen LogP contribution in [0.5, 0.6) is 0 Å². The summed E-state index contributed by atoms with van der Waals surface area (Å²) in [5.41, 5.74) is 2.31. The van der Waals surface area contributed by atoms with Gasteiger partial charge in [0.15, 0.2) is 11.6 Å². The van der Waals surface area contributed by atoms with Gasteiger partial charge in [0, 0.05) is 24.3 Å². The number of aromatic nitrogens is 2. The summed E-state index contributed by atoms with van der Waals surface area (Å²) in [5, 5.41) is 21.0. The average Bonchev–Trinajstić information content (AvgIpc) is 2.90. The molecule has 178 valence electrons. The molecule has 0 saturated carbocycles. The van der Waals surface area contributed by atoms with E-state index in [1.54, 1.807) is 54.6 Å². The van der Waals surface area contributed by atoms with E-state index in [9.17, 15) is 0 Å². The van der Waals surface area contributed by atoms with Crippen LogP contribution in [0.3, 0.4) is 0 Å². The molecule has 0 aliphatic carbocycles. The van der Waals surface area contributed by atoms with Crippen LogP contribution in [0.4, 0.5) is 31.9 Å². The summed E-state index contributed by atoms with van der Waals surface area (Å²) in [4.78, 5) is 10.1. The molecule has 0 saturated heterocycles. The Morgan fingerprint density at radius 1 is 0.861 bits per heavy atom. The second-order valence-electron chi connectivity index (χ2n) is 7.72. The third-order valence-electron chi connectivity index (χ3n) is 5.34. The second-order valence-corrected chi connectivity index (χ2v) is 8.10. The smallest absolute Gasteiger partial charge is 0.229 e. The number of nitriles is 2. The Morgan fingerprint density at radius 2 is 1.47 bits per heavy atom. The van der Waals surface area contributed by atoms with E-state index in [-0.39, 0.29) is 24.0 Å². The fourth-order valence-corrected chi connectivity index (χ4v) is 3.72. The molecule has 0 fully saturated rings. The molecule has 0 aliphatic rings. The van der Waals surface area contributed by atoms with Crippen LogP contribution in [0.15, 0.2) is 72.9 Å². The number of benzene rings is 3. The molecular weight excluding hydrogens is 482 g/mol. The second kappa shape index (κ2) is 11.3. The van der Waals surface area contributed by atoms with E-state index in [2.05, 4.69) is 15.3 Å². The van der Waals surface area contributed by atoms with Gasteiger partial charge in [-0.25, -0.2) is 13.8 Å². The van der Waals surface area contributed by atoms with Gasteiger partial charge in [-0.3, -0.25) is 0 Å². The Kier molecular flexibility index (Phi) is 7.69. The molecule has 0 radical (unpaired) electrons. The fraction of sp³-hybridized carbons (Fsp3) is 0.111. The molecule has 6 nitrogen and oxygen atoms in total. The van der Waals surface area contributed by atoms with E-state index in [0.29, 0.717) is 40.2 Å². The van der Waals surface area contributed by atoms with E-state index >= 15 is 8.78 Å². The Balaban J connectivity index is 1.68. The van der Waals surface area contributed by atoms with Gasteiger partial charge in [-0.05, 0) is 72.1 Å². The number of halogens is 3. The minimum absolute atomic E-state index is 0.223. The van der Waals surface area contributed by atoms with Crippen molar-refractivity contribution in [2.24, 2.45) is 0 Å². The number of nitrogens with one attached hydrogen (secondary N) is 1. The summed E-state index contributed by atoms with van der Waals surface area (Å²) in [7, 11) is 0. The van der Waals surface area contributed by atoms with Crippen LogP contribution in [0.25, 0.3) is 11.1 Å². The summed E-state index contributed by atoms with van der Waals surface area (Å²) in [5.74, 6) is -0.712. The molecule has 9 heteroatoms. The van der Waals surface area contributed by atoms with E-state index in [1.807, 2.05) is 12.1 Å². The predicted molar refractivity (Wildman–Crippen MR) is 135 cm³/mol. The van der Waals surface area contributed by atoms with E-state index in [1.165, 1.54) is 23.2 Å². The number of rotatable bonds is 8. The maximum atomic E-state index is 15.4. The zero-order valence-electron chi connectivity index (χ0n) is 18.9. The standard InChI is InChI=1S/C27H19ClF2N6/c28-11-1-13-36(25-10-12-33-27(35-25)34-22-8-4-19(17-32)5-9-22)26-23(29)14-21(15-24(26)30)20-6-2-18(16-31)3-7-20/h2-10,12,14-15H,1,11,13H2,(H,33,34,35). The lowest BCUT2D eigenvalue weighted by atomic mass is 10.0. The van der Waals surface area contributed by atoms with Crippen LogP contribution >= 0.6 is 11.6 Å². The van der Waals surface area contributed by atoms with Crippen LogP contribution in [0.1, 0.15) is 17.5 Å². The van der Waals surface area contributed by atoms with Crippen LogP contribution in [0.2, 0.25) is 0 Å². The van der Waals surface area contributed by atoms with Crippen molar-refractivity contribution >= 4 is 34.7 Å². The number of alkyl halides is 1. The first-order valence-corrected chi connectivity index (χ1v) is 11.5. The van der Waals surface area contributed by atoms with Crippen LogP contribution in [0, 0.1) is 34.3 Å². The summed E-state index contributed by atoms with van der Waals surface area (Å²) < 4.78 is 30.7. The Labute approximate surface area is 212 Å². The summed E-state index contributed by atoms with van der Waals surface area (Å²) in [6, 6.07) is 21.3. The topological polar surface area (TPSA) is 88.6 Å². The quantitative estimate of drug-likeness (QED) is 0.271.